The van der Waals surface area contributed by atoms with E-state index in [9.17, 15) is 9.18 Å². The largest absolute Gasteiger partial charge is 0.486 e. The number of ether oxygens (including phenoxy) is 1. The quantitative estimate of drug-likeness (QED) is 0.230. The molecule has 0 radical (unpaired) electrons. The van der Waals surface area contributed by atoms with E-state index in [-0.39, 0.29) is 15.7 Å². The number of hydrogen-bond acceptors (Lipinski definition) is 6. The van der Waals surface area contributed by atoms with Crippen LogP contribution in [0.5, 0.6) is 0 Å². The summed E-state index contributed by atoms with van der Waals surface area (Å²) in [7, 11) is 0. The highest BCUT2D eigenvalue weighted by molar-refractivity contribution is 7.15. The molecule has 0 fully saturated rings. The molecule has 0 saturated carbocycles. The fourth-order valence-electron chi connectivity index (χ4n) is 3.02. The van der Waals surface area contributed by atoms with Gasteiger partial charge in [-0.05, 0) is 38.5 Å². The number of amides is 1. The van der Waals surface area contributed by atoms with Gasteiger partial charge in [-0.25, -0.2) is 9.37 Å². The molecule has 0 spiro atoms. The highest BCUT2D eigenvalue weighted by Gasteiger charge is 2.21. The Morgan fingerprint density at radius 2 is 2.16 bits per heavy atom. The van der Waals surface area contributed by atoms with Gasteiger partial charge in [0.1, 0.15) is 23.4 Å². The fraction of sp³-hybridized carbons (Fsp3) is 0.333. The SMILES string of the molecule is CC(C)=C(/C=C(\N)C(=O)Nc1nc2c(s1)CNCC2)OC(C)c1c(Cl)ccc(F)c1Cl. The maximum atomic E-state index is 13.9. The van der Waals surface area contributed by atoms with Gasteiger partial charge in [0.15, 0.2) is 5.13 Å². The van der Waals surface area contributed by atoms with Crippen molar-refractivity contribution >= 4 is 45.6 Å². The molecule has 1 aromatic heterocycles. The van der Waals surface area contributed by atoms with E-state index in [2.05, 4.69) is 15.6 Å². The summed E-state index contributed by atoms with van der Waals surface area (Å²) in [6.45, 7) is 6.91. The summed E-state index contributed by atoms with van der Waals surface area (Å²) in [5.74, 6) is -0.721. The van der Waals surface area contributed by atoms with Crippen LogP contribution in [-0.2, 0) is 22.5 Å². The summed E-state index contributed by atoms with van der Waals surface area (Å²) in [5.41, 5.74) is 8.04. The van der Waals surface area contributed by atoms with E-state index in [0.29, 0.717) is 16.5 Å². The Hall–Kier alpha value is -2.13. The molecule has 6 nitrogen and oxygen atoms in total. The normalized spacial score (nSPS) is 14.6. The van der Waals surface area contributed by atoms with Crippen LogP contribution in [0, 0.1) is 5.82 Å². The highest BCUT2D eigenvalue weighted by atomic mass is 35.5. The Bertz CT molecular complexity index is 1040. The lowest BCUT2D eigenvalue weighted by molar-refractivity contribution is -0.112. The molecule has 2 heterocycles. The Morgan fingerprint density at radius 1 is 1.42 bits per heavy atom. The maximum absolute atomic E-state index is 13.9. The number of nitrogens with zero attached hydrogens (tertiary/aromatic N) is 1. The minimum Gasteiger partial charge on any atom is -0.486 e. The number of benzene rings is 1. The summed E-state index contributed by atoms with van der Waals surface area (Å²) >= 11 is 13.7. The van der Waals surface area contributed by atoms with Crippen molar-refractivity contribution in [2.24, 2.45) is 5.73 Å². The Balaban J connectivity index is 1.75. The zero-order chi connectivity index (χ0) is 22.7. The summed E-state index contributed by atoms with van der Waals surface area (Å²) in [6.07, 6.45) is 1.58. The minimum atomic E-state index is -0.675. The number of nitrogens with one attached hydrogen (secondary N) is 2. The molecule has 31 heavy (non-hydrogen) atoms. The summed E-state index contributed by atoms with van der Waals surface area (Å²) in [4.78, 5) is 18.1. The van der Waals surface area contributed by atoms with Gasteiger partial charge in [0.2, 0.25) is 0 Å². The first-order valence-corrected chi connectivity index (χ1v) is 11.2. The average Bonchev–Trinajstić information content (AvgIpc) is 3.12. The molecular weight excluding hydrogens is 462 g/mol. The monoisotopic (exact) mass is 484 g/mol. The van der Waals surface area contributed by atoms with Gasteiger partial charge in [-0.1, -0.05) is 23.2 Å². The van der Waals surface area contributed by atoms with E-state index in [1.165, 1.54) is 29.5 Å². The van der Waals surface area contributed by atoms with Crippen LogP contribution in [0.15, 0.2) is 35.2 Å². The standard InChI is InChI=1S/C21H23Cl2FN4O2S/c1-10(2)16(30-11(3)18-12(22)4-5-13(24)19(18)23)8-14(25)20(29)28-21-27-15-6-7-26-9-17(15)31-21/h4-5,8,11,26H,6-7,9,25H2,1-3H3,(H,27,28,29)/b14-8-. The van der Waals surface area contributed by atoms with Gasteiger partial charge >= 0.3 is 0 Å². The predicted molar refractivity (Wildman–Crippen MR) is 123 cm³/mol. The Kier molecular flexibility index (Phi) is 7.59. The third-order valence-electron chi connectivity index (χ3n) is 4.65. The number of fused-ring (bicyclic) bond motifs is 1. The van der Waals surface area contributed by atoms with Crippen molar-refractivity contribution in [3.8, 4) is 0 Å². The second-order valence-electron chi connectivity index (χ2n) is 7.25. The molecule has 1 aliphatic rings. The van der Waals surface area contributed by atoms with Crippen LogP contribution >= 0.6 is 34.5 Å². The topological polar surface area (TPSA) is 89.3 Å². The third kappa shape index (κ3) is 5.57. The minimum absolute atomic E-state index is 0.0499. The number of rotatable bonds is 6. The molecule has 1 aromatic carbocycles. The highest BCUT2D eigenvalue weighted by Crippen LogP contribution is 2.35. The van der Waals surface area contributed by atoms with Crippen molar-refractivity contribution in [2.45, 2.75) is 39.8 Å². The number of halogens is 3. The lowest BCUT2D eigenvalue weighted by Crippen LogP contribution is -2.22. The van der Waals surface area contributed by atoms with Crippen LogP contribution in [0.25, 0.3) is 0 Å². The second-order valence-corrected chi connectivity index (χ2v) is 9.12. The van der Waals surface area contributed by atoms with Crippen molar-refractivity contribution in [1.82, 2.24) is 10.3 Å². The smallest absolute Gasteiger partial charge is 0.273 e. The van der Waals surface area contributed by atoms with Gasteiger partial charge in [-0.3, -0.25) is 10.1 Å². The van der Waals surface area contributed by atoms with E-state index in [1.807, 2.05) is 0 Å². The first kappa shape index (κ1) is 23.5. The number of carbonyl (C=O) groups is 1. The number of thiazole rings is 1. The fourth-order valence-corrected chi connectivity index (χ4v) is 4.67. The van der Waals surface area contributed by atoms with Crippen LogP contribution in [0.2, 0.25) is 10.0 Å². The van der Waals surface area contributed by atoms with E-state index < -0.39 is 17.8 Å². The predicted octanol–water partition coefficient (Wildman–Crippen LogP) is 5.09. The van der Waals surface area contributed by atoms with Crippen molar-refractivity contribution < 1.29 is 13.9 Å². The number of allylic oxidation sites excluding steroid dienone is 2. The zero-order valence-electron chi connectivity index (χ0n) is 17.3. The molecule has 0 aliphatic carbocycles. The Labute approximate surface area is 194 Å². The van der Waals surface area contributed by atoms with Crippen LogP contribution in [-0.4, -0.2) is 17.4 Å². The molecule has 1 atom stereocenters. The molecule has 0 saturated heterocycles. The van der Waals surface area contributed by atoms with E-state index >= 15 is 0 Å². The number of carbonyl (C=O) groups excluding carboxylic acids is 1. The van der Waals surface area contributed by atoms with E-state index in [1.54, 1.807) is 20.8 Å². The molecule has 0 bridgehead atoms. The first-order chi connectivity index (χ1) is 14.7. The number of aromatic nitrogens is 1. The number of anilines is 1. The molecule has 1 unspecified atom stereocenters. The number of nitrogens with two attached hydrogens (primary N) is 1. The van der Waals surface area contributed by atoms with Gasteiger partial charge in [-0.2, -0.15) is 0 Å². The van der Waals surface area contributed by atoms with Crippen molar-refractivity contribution in [1.29, 1.82) is 0 Å². The Morgan fingerprint density at radius 3 is 2.84 bits per heavy atom. The maximum Gasteiger partial charge on any atom is 0.273 e. The zero-order valence-corrected chi connectivity index (χ0v) is 19.6. The van der Waals surface area contributed by atoms with Crippen molar-refractivity contribution in [3.05, 3.63) is 67.2 Å². The molecule has 2 aromatic rings. The van der Waals surface area contributed by atoms with Gasteiger partial charge < -0.3 is 15.8 Å². The summed E-state index contributed by atoms with van der Waals surface area (Å²) in [5, 5.41) is 6.68. The molecule has 10 heteroatoms. The summed E-state index contributed by atoms with van der Waals surface area (Å²) in [6, 6.07) is 2.61. The lowest BCUT2D eigenvalue weighted by atomic mass is 10.1. The molecule has 3 rings (SSSR count). The van der Waals surface area contributed by atoms with Gasteiger partial charge in [0.05, 0.1) is 10.7 Å². The van der Waals surface area contributed by atoms with Crippen LogP contribution in [0.1, 0.15) is 43.0 Å². The van der Waals surface area contributed by atoms with E-state index in [4.69, 9.17) is 33.7 Å². The van der Waals surface area contributed by atoms with Crippen LogP contribution in [0.3, 0.4) is 0 Å². The summed E-state index contributed by atoms with van der Waals surface area (Å²) < 4.78 is 19.8. The number of hydrogen-bond donors (Lipinski definition) is 3. The van der Waals surface area contributed by atoms with Crippen molar-refractivity contribution in [2.75, 3.05) is 11.9 Å². The first-order valence-electron chi connectivity index (χ1n) is 9.62. The molecule has 4 N–H and O–H groups in total. The van der Waals surface area contributed by atoms with Gasteiger partial charge in [0, 0.05) is 41.0 Å². The molecular formula is C21H23Cl2FN4O2S. The molecule has 166 valence electrons. The molecule has 1 aliphatic heterocycles. The van der Waals surface area contributed by atoms with Crippen LogP contribution < -0.4 is 16.4 Å². The third-order valence-corrected chi connectivity index (χ3v) is 6.38. The average molecular weight is 485 g/mol. The van der Waals surface area contributed by atoms with Crippen molar-refractivity contribution in [3.63, 3.8) is 0 Å². The van der Waals surface area contributed by atoms with E-state index in [0.717, 1.165) is 35.7 Å². The van der Waals surface area contributed by atoms with Gasteiger partial charge in [0.25, 0.3) is 5.91 Å². The van der Waals surface area contributed by atoms with Gasteiger partial charge in [-0.15, -0.1) is 11.3 Å². The molecule has 1 amide bonds. The second kappa shape index (κ2) is 9.99. The van der Waals surface area contributed by atoms with Crippen LogP contribution in [0.4, 0.5) is 9.52 Å². The lowest BCUT2D eigenvalue weighted by Gasteiger charge is -2.20.